The molecule has 0 spiro atoms. The summed E-state index contributed by atoms with van der Waals surface area (Å²) >= 11 is 6.22. The lowest BCUT2D eigenvalue weighted by molar-refractivity contribution is -0.131. The molecule has 5 rings (SSSR count). The molecule has 9 heteroatoms. The van der Waals surface area contributed by atoms with Crippen LogP contribution >= 0.6 is 11.6 Å². The minimum absolute atomic E-state index is 0.0568. The molecule has 1 saturated heterocycles. The monoisotopic (exact) mass is 509 g/mol. The first kappa shape index (κ1) is 23.5. The quantitative estimate of drug-likeness (QED) is 0.373. The summed E-state index contributed by atoms with van der Waals surface area (Å²) in [4.78, 5) is 19.0. The van der Waals surface area contributed by atoms with Gasteiger partial charge >= 0.3 is 0 Å². The Bertz CT molecular complexity index is 1540. The van der Waals surface area contributed by atoms with Gasteiger partial charge in [0.2, 0.25) is 15.9 Å². The van der Waals surface area contributed by atoms with Crippen molar-refractivity contribution >= 4 is 49.1 Å². The number of ether oxygens (including phenoxy) is 1. The molecule has 1 aromatic heterocycles. The van der Waals surface area contributed by atoms with Crippen molar-refractivity contribution in [2.24, 2.45) is 5.92 Å². The summed E-state index contributed by atoms with van der Waals surface area (Å²) in [5, 5.41) is 3.94. The van der Waals surface area contributed by atoms with E-state index in [2.05, 4.69) is 9.71 Å². The number of nitrogens with one attached hydrogen (secondary N) is 1. The van der Waals surface area contributed by atoms with Crippen molar-refractivity contribution in [1.82, 2.24) is 14.6 Å². The lowest BCUT2D eigenvalue weighted by Gasteiger charge is -2.17. The summed E-state index contributed by atoms with van der Waals surface area (Å²) in [6, 6.07) is 18.2. The van der Waals surface area contributed by atoms with E-state index >= 15 is 0 Å². The second-order valence-electron chi connectivity index (χ2n) is 8.63. The van der Waals surface area contributed by atoms with Gasteiger partial charge in [-0.1, -0.05) is 35.9 Å². The van der Waals surface area contributed by atoms with Gasteiger partial charge in [-0.25, -0.2) is 18.1 Å². The summed E-state index contributed by atoms with van der Waals surface area (Å²) in [5.41, 5.74) is 0.952. The third-order valence-corrected chi connectivity index (χ3v) is 8.14. The van der Waals surface area contributed by atoms with E-state index < -0.39 is 15.9 Å². The normalized spacial score (nSPS) is 16.3. The van der Waals surface area contributed by atoms with Crippen molar-refractivity contribution in [3.8, 4) is 5.75 Å². The smallest absolute Gasteiger partial charge is 0.240 e. The fourth-order valence-corrected chi connectivity index (χ4v) is 5.78. The average molecular weight is 510 g/mol. The molecule has 35 heavy (non-hydrogen) atoms. The molecule has 0 radical (unpaired) electrons. The Morgan fingerprint density at radius 3 is 2.69 bits per heavy atom. The predicted octanol–water partition coefficient (Wildman–Crippen LogP) is 4.38. The number of benzene rings is 3. The number of rotatable bonds is 7. The van der Waals surface area contributed by atoms with Crippen molar-refractivity contribution in [2.75, 3.05) is 20.2 Å². The first-order valence-corrected chi connectivity index (χ1v) is 13.1. The molecule has 1 N–H and O–H groups in total. The fourth-order valence-electron chi connectivity index (χ4n) is 4.44. The molecule has 1 aliphatic heterocycles. The van der Waals surface area contributed by atoms with Crippen LogP contribution in [0.5, 0.6) is 5.75 Å². The fraction of sp³-hybridized carbons (Fsp3) is 0.231. The number of carbonyl (C=O) groups is 1. The molecule has 0 aliphatic carbocycles. The first-order valence-electron chi connectivity index (χ1n) is 11.2. The van der Waals surface area contributed by atoms with E-state index in [9.17, 15) is 13.2 Å². The Morgan fingerprint density at radius 1 is 1.06 bits per heavy atom. The summed E-state index contributed by atoms with van der Waals surface area (Å²) in [6.07, 6.45) is 2.25. The Morgan fingerprint density at radius 2 is 1.86 bits per heavy atom. The van der Waals surface area contributed by atoms with Crippen molar-refractivity contribution < 1.29 is 17.9 Å². The van der Waals surface area contributed by atoms with Crippen molar-refractivity contribution in [1.29, 1.82) is 0 Å². The third kappa shape index (κ3) is 4.82. The predicted molar refractivity (Wildman–Crippen MR) is 136 cm³/mol. The van der Waals surface area contributed by atoms with Crippen molar-refractivity contribution in [2.45, 2.75) is 17.9 Å². The van der Waals surface area contributed by atoms with E-state index in [-0.39, 0.29) is 17.3 Å². The van der Waals surface area contributed by atoms with E-state index in [1.807, 2.05) is 36.4 Å². The topological polar surface area (TPSA) is 88.6 Å². The lowest BCUT2D eigenvalue weighted by atomic mass is 10.1. The molecule has 1 aliphatic rings. The molecular formula is C26H24ClN3O4S. The molecule has 0 unspecified atom stereocenters. The Balaban J connectivity index is 1.25. The molecule has 1 amide bonds. The highest BCUT2D eigenvalue weighted by Crippen LogP contribution is 2.26. The number of likely N-dealkylation sites (tertiary alicyclic amines) is 1. The van der Waals surface area contributed by atoms with Crippen molar-refractivity contribution in [3.63, 3.8) is 0 Å². The Kier molecular flexibility index (Phi) is 6.35. The molecule has 1 fully saturated rings. The van der Waals surface area contributed by atoms with Gasteiger partial charge in [-0.2, -0.15) is 0 Å². The van der Waals surface area contributed by atoms with Crippen LogP contribution in [0.2, 0.25) is 5.15 Å². The van der Waals surface area contributed by atoms with Gasteiger partial charge in [0.25, 0.3) is 0 Å². The van der Waals surface area contributed by atoms with Gasteiger partial charge in [-0.05, 0) is 64.5 Å². The molecule has 4 aromatic rings. The zero-order chi connectivity index (χ0) is 24.6. The Labute approximate surface area is 208 Å². The van der Waals surface area contributed by atoms with Crippen LogP contribution in [-0.4, -0.2) is 44.4 Å². The van der Waals surface area contributed by atoms with E-state index in [0.717, 1.165) is 27.1 Å². The second kappa shape index (κ2) is 9.45. The van der Waals surface area contributed by atoms with Crippen LogP contribution in [0.4, 0.5) is 0 Å². The maximum Gasteiger partial charge on any atom is 0.240 e. The number of halogens is 1. The van der Waals surface area contributed by atoms with Crippen LogP contribution in [0.3, 0.4) is 0 Å². The van der Waals surface area contributed by atoms with Crippen LogP contribution < -0.4 is 9.46 Å². The number of fused-ring (bicyclic) bond motifs is 2. The van der Waals surface area contributed by atoms with Gasteiger partial charge in [0.05, 0.1) is 17.9 Å². The number of amides is 1. The van der Waals surface area contributed by atoms with E-state index in [0.29, 0.717) is 30.4 Å². The summed E-state index contributed by atoms with van der Waals surface area (Å²) < 4.78 is 33.7. The summed E-state index contributed by atoms with van der Waals surface area (Å²) in [6.45, 7) is 1.07. The van der Waals surface area contributed by atoms with Gasteiger partial charge in [-0.15, -0.1) is 0 Å². The third-order valence-electron chi connectivity index (χ3n) is 6.41. The highest BCUT2D eigenvalue weighted by Gasteiger charge is 2.32. The molecule has 180 valence electrons. The van der Waals surface area contributed by atoms with Gasteiger partial charge in [0.1, 0.15) is 10.9 Å². The largest absolute Gasteiger partial charge is 0.497 e. The molecule has 7 nitrogen and oxygen atoms in total. The summed E-state index contributed by atoms with van der Waals surface area (Å²) in [5.74, 6) is 0.186. The first-order chi connectivity index (χ1) is 16.8. The van der Waals surface area contributed by atoms with Gasteiger partial charge in [0, 0.05) is 31.2 Å². The number of hydrogen-bond donors (Lipinski definition) is 1. The van der Waals surface area contributed by atoms with Crippen LogP contribution in [0.25, 0.3) is 21.5 Å². The Hall–Kier alpha value is -3.20. The molecule has 1 atom stereocenters. The zero-order valence-corrected chi connectivity index (χ0v) is 20.6. The van der Waals surface area contributed by atoms with E-state index in [1.165, 1.54) is 0 Å². The molecule has 0 saturated carbocycles. The van der Waals surface area contributed by atoms with Gasteiger partial charge in [0.15, 0.2) is 0 Å². The highest BCUT2D eigenvalue weighted by molar-refractivity contribution is 7.89. The SMILES string of the molecule is COc1ccc2ccc(S(=O)(=O)NC[C@@H]3CCN(Cc4ccc5ccnc(Cl)c5c4)C3=O)cc2c1. The maximum absolute atomic E-state index is 13.0. The number of hydrogen-bond acceptors (Lipinski definition) is 5. The van der Waals surface area contributed by atoms with E-state index in [1.54, 1.807) is 42.5 Å². The number of methoxy groups -OCH3 is 1. The minimum Gasteiger partial charge on any atom is -0.497 e. The maximum atomic E-state index is 13.0. The number of aromatic nitrogens is 1. The van der Waals surface area contributed by atoms with E-state index in [4.69, 9.17) is 16.3 Å². The molecule has 2 heterocycles. The number of carbonyl (C=O) groups excluding carboxylic acids is 1. The van der Waals surface area contributed by atoms with Crippen LogP contribution in [0.1, 0.15) is 12.0 Å². The van der Waals surface area contributed by atoms with Gasteiger partial charge in [-0.3, -0.25) is 4.79 Å². The standard InChI is InChI=1S/C26H24ClN3O4S/c1-34-22-6-4-18-5-7-23(14-21(18)13-22)35(32,33)29-15-20-9-11-30(26(20)31)16-17-2-3-19-8-10-28-25(27)24(19)12-17/h2-8,10,12-14,20,29H,9,11,15-16H2,1H3/t20-/m0/s1. The minimum atomic E-state index is -3.77. The number of sulfonamides is 1. The number of pyridine rings is 1. The van der Waals surface area contributed by atoms with Crippen LogP contribution in [-0.2, 0) is 21.4 Å². The molecule has 3 aromatic carbocycles. The van der Waals surface area contributed by atoms with Gasteiger partial charge < -0.3 is 9.64 Å². The van der Waals surface area contributed by atoms with Crippen LogP contribution in [0.15, 0.2) is 71.8 Å². The zero-order valence-electron chi connectivity index (χ0n) is 19.1. The second-order valence-corrected chi connectivity index (χ2v) is 10.8. The lowest BCUT2D eigenvalue weighted by Crippen LogP contribution is -2.34. The highest BCUT2D eigenvalue weighted by atomic mass is 35.5. The molecular weight excluding hydrogens is 486 g/mol. The average Bonchev–Trinajstić information content (AvgIpc) is 3.21. The summed E-state index contributed by atoms with van der Waals surface area (Å²) in [7, 11) is -2.20. The van der Waals surface area contributed by atoms with Crippen LogP contribution in [0, 0.1) is 5.92 Å². The number of nitrogens with zero attached hydrogens (tertiary/aromatic N) is 2. The van der Waals surface area contributed by atoms with Crippen molar-refractivity contribution in [3.05, 3.63) is 77.6 Å². The molecule has 0 bridgehead atoms.